The molecule has 1 N–H and O–H groups in total. The standard InChI is InChI=1S/C17H22N2/c1-13-5-3-6-14(2)17(13)12-19-10-4-7-16(19)11-18-15-8-9-15/h3-7,10,15,18H,8-9,11-12H2,1-2H3. The lowest BCUT2D eigenvalue weighted by Gasteiger charge is -2.14. The largest absolute Gasteiger partial charge is 0.346 e. The Morgan fingerprint density at radius 2 is 1.84 bits per heavy atom. The molecule has 1 saturated carbocycles. The second kappa shape index (κ2) is 5.22. The summed E-state index contributed by atoms with van der Waals surface area (Å²) in [5.41, 5.74) is 5.60. The molecule has 0 saturated heterocycles. The van der Waals surface area contributed by atoms with Crippen LogP contribution in [0, 0.1) is 13.8 Å². The summed E-state index contributed by atoms with van der Waals surface area (Å²) in [6.45, 7) is 6.37. The van der Waals surface area contributed by atoms with Crippen molar-refractivity contribution in [2.24, 2.45) is 0 Å². The fourth-order valence-electron chi connectivity index (χ4n) is 2.57. The van der Waals surface area contributed by atoms with E-state index in [1.807, 2.05) is 0 Å². The summed E-state index contributed by atoms with van der Waals surface area (Å²) in [6.07, 6.45) is 4.88. The number of rotatable bonds is 5. The average Bonchev–Trinajstić information content (AvgIpc) is 3.11. The summed E-state index contributed by atoms with van der Waals surface area (Å²) in [5, 5.41) is 3.59. The monoisotopic (exact) mass is 254 g/mol. The van der Waals surface area contributed by atoms with Gasteiger partial charge in [0.2, 0.25) is 0 Å². The van der Waals surface area contributed by atoms with Crippen molar-refractivity contribution in [1.29, 1.82) is 0 Å². The molecule has 2 heteroatoms. The number of benzene rings is 1. The zero-order valence-electron chi connectivity index (χ0n) is 11.8. The van der Waals surface area contributed by atoms with Gasteiger partial charge >= 0.3 is 0 Å². The Morgan fingerprint density at radius 1 is 1.11 bits per heavy atom. The second-order valence-corrected chi connectivity index (χ2v) is 5.65. The van der Waals surface area contributed by atoms with Gasteiger partial charge in [-0.05, 0) is 55.5 Å². The molecular formula is C17H22N2. The highest BCUT2D eigenvalue weighted by Crippen LogP contribution is 2.20. The third-order valence-corrected chi connectivity index (χ3v) is 4.05. The molecule has 0 spiro atoms. The highest BCUT2D eigenvalue weighted by Gasteiger charge is 2.20. The average molecular weight is 254 g/mol. The zero-order valence-corrected chi connectivity index (χ0v) is 11.8. The minimum atomic E-state index is 0.767. The van der Waals surface area contributed by atoms with E-state index in [-0.39, 0.29) is 0 Å². The third-order valence-electron chi connectivity index (χ3n) is 4.05. The van der Waals surface area contributed by atoms with Crippen molar-refractivity contribution < 1.29 is 0 Å². The second-order valence-electron chi connectivity index (χ2n) is 5.65. The van der Waals surface area contributed by atoms with Crippen molar-refractivity contribution in [2.45, 2.75) is 45.8 Å². The van der Waals surface area contributed by atoms with E-state index in [4.69, 9.17) is 0 Å². The van der Waals surface area contributed by atoms with Crippen molar-refractivity contribution in [3.05, 3.63) is 58.9 Å². The van der Waals surface area contributed by atoms with E-state index in [0.717, 1.165) is 19.1 Å². The van der Waals surface area contributed by atoms with Gasteiger partial charge in [0.05, 0.1) is 0 Å². The lowest BCUT2D eigenvalue weighted by Crippen LogP contribution is -2.18. The molecule has 3 rings (SSSR count). The van der Waals surface area contributed by atoms with Crippen LogP contribution in [-0.4, -0.2) is 10.6 Å². The highest BCUT2D eigenvalue weighted by molar-refractivity contribution is 5.34. The molecule has 0 unspecified atom stereocenters. The maximum Gasteiger partial charge on any atom is 0.0478 e. The molecule has 100 valence electrons. The Bertz CT molecular complexity index is 544. The smallest absolute Gasteiger partial charge is 0.0478 e. The summed E-state index contributed by atoms with van der Waals surface area (Å²) < 4.78 is 2.37. The van der Waals surface area contributed by atoms with E-state index in [9.17, 15) is 0 Å². The molecule has 1 heterocycles. The van der Waals surface area contributed by atoms with Crippen LogP contribution in [0.25, 0.3) is 0 Å². The molecule has 19 heavy (non-hydrogen) atoms. The zero-order chi connectivity index (χ0) is 13.2. The third kappa shape index (κ3) is 2.90. The summed E-state index contributed by atoms with van der Waals surface area (Å²) >= 11 is 0. The minimum absolute atomic E-state index is 0.767. The summed E-state index contributed by atoms with van der Waals surface area (Å²) in [5.74, 6) is 0. The van der Waals surface area contributed by atoms with Crippen LogP contribution in [0.1, 0.15) is 35.2 Å². The molecule has 2 aromatic rings. The van der Waals surface area contributed by atoms with E-state index in [1.165, 1.54) is 35.2 Å². The first-order valence-electron chi connectivity index (χ1n) is 7.16. The van der Waals surface area contributed by atoms with E-state index in [2.05, 4.69) is 60.3 Å². The van der Waals surface area contributed by atoms with E-state index < -0.39 is 0 Å². The van der Waals surface area contributed by atoms with Crippen LogP contribution >= 0.6 is 0 Å². The Morgan fingerprint density at radius 3 is 2.53 bits per heavy atom. The first-order valence-corrected chi connectivity index (χ1v) is 7.16. The van der Waals surface area contributed by atoms with Crippen LogP contribution in [0.4, 0.5) is 0 Å². The van der Waals surface area contributed by atoms with Gasteiger partial charge in [-0.25, -0.2) is 0 Å². The van der Waals surface area contributed by atoms with Crippen molar-refractivity contribution in [2.75, 3.05) is 0 Å². The normalized spacial score (nSPS) is 14.8. The Kier molecular flexibility index (Phi) is 3.43. The Labute approximate surface area is 115 Å². The van der Waals surface area contributed by atoms with Gasteiger partial charge in [0.15, 0.2) is 0 Å². The SMILES string of the molecule is Cc1cccc(C)c1Cn1cccc1CNC1CC1. The molecular weight excluding hydrogens is 232 g/mol. The number of nitrogens with one attached hydrogen (secondary N) is 1. The number of nitrogens with zero attached hydrogens (tertiary/aromatic N) is 1. The lowest BCUT2D eigenvalue weighted by atomic mass is 10.0. The van der Waals surface area contributed by atoms with Gasteiger partial charge in [-0.15, -0.1) is 0 Å². The van der Waals surface area contributed by atoms with Crippen molar-refractivity contribution in [1.82, 2.24) is 9.88 Å². The van der Waals surface area contributed by atoms with Crippen LogP contribution < -0.4 is 5.32 Å². The Hall–Kier alpha value is -1.54. The molecule has 1 aromatic heterocycles. The van der Waals surface area contributed by atoms with Crippen LogP contribution in [0.15, 0.2) is 36.5 Å². The lowest BCUT2D eigenvalue weighted by molar-refractivity contribution is 0.633. The fraction of sp³-hybridized carbons (Fsp3) is 0.412. The van der Waals surface area contributed by atoms with Crippen LogP contribution in [-0.2, 0) is 13.1 Å². The van der Waals surface area contributed by atoms with Crippen LogP contribution in [0.3, 0.4) is 0 Å². The predicted octanol–water partition coefficient (Wildman–Crippen LogP) is 3.41. The molecule has 0 bridgehead atoms. The quantitative estimate of drug-likeness (QED) is 0.865. The van der Waals surface area contributed by atoms with Gasteiger partial charge in [-0.3, -0.25) is 0 Å². The molecule has 2 nitrogen and oxygen atoms in total. The topological polar surface area (TPSA) is 17.0 Å². The summed E-state index contributed by atoms with van der Waals surface area (Å²) in [6, 6.07) is 11.7. The molecule has 1 aromatic carbocycles. The maximum absolute atomic E-state index is 3.59. The number of aryl methyl sites for hydroxylation is 2. The predicted molar refractivity (Wildman–Crippen MR) is 79.3 cm³/mol. The highest BCUT2D eigenvalue weighted by atomic mass is 15.0. The van der Waals surface area contributed by atoms with Gasteiger partial charge < -0.3 is 9.88 Å². The molecule has 1 aliphatic rings. The summed E-state index contributed by atoms with van der Waals surface area (Å²) in [4.78, 5) is 0. The first kappa shape index (κ1) is 12.5. The maximum atomic E-state index is 3.59. The van der Waals surface area contributed by atoms with Crippen LogP contribution in [0.5, 0.6) is 0 Å². The number of hydrogen-bond donors (Lipinski definition) is 1. The molecule has 0 aliphatic heterocycles. The van der Waals surface area contributed by atoms with Crippen molar-refractivity contribution >= 4 is 0 Å². The van der Waals surface area contributed by atoms with Gasteiger partial charge in [0.25, 0.3) is 0 Å². The van der Waals surface area contributed by atoms with Crippen molar-refractivity contribution in [3.63, 3.8) is 0 Å². The molecule has 1 fully saturated rings. The van der Waals surface area contributed by atoms with Crippen molar-refractivity contribution in [3.8, 4) is 0 Å². The van der Waals surface area contributed by atoms with E-state index in [0.29, 0.717) is 0 Å². The number of aromatic nitrogens is 1. The van der Waals surface area contributed by atoms with Gasteiger partial charge in [0, 0.05) is 31.0 Å². The molecule has 0 atom stereocenters. The summed E-state index contributed by atoms with van der Waals surface area (Å²) in [7, 11) is 0. The van der Waals surface area contributed by atoms with E-state index in [1.54, 1.807) is 0 Å². The minimum Gasteiger partial charge on any atom is -0.346 e. The van der Waals surface area contributed by atoms with Gasteiger partial charge in [0.1, 0.15) is 0 Å². The van der Waals surface area contributed by atoms with Gasteiger partial charge in [-0.2, -0.15) is 0 Å². The fourth-order valence-corrected chi connectivity index (χ4v) is 2.57. The first-order chi connectivity index (χ1) is 9.24. The molecule has 1 aliphatic carbocycles. The van der Waals surface area contributed by atoms with E-state index >= 15 is 0 Å². The molecule has 0 radical (unpaired) electrons. The number of hydrogen-bond acceptors (Lipinski definition) is 1. The molecule has 0 amide bonds. The van der Waals surface area contributed by atoms with Gasteiger partial charge in [-0.1, -0.05) is 18.2 Å². The van der Waals surface area contributed by atoms with Crippen LogP contribution in [0.2, 0.25) is 0 Å². The Balaban J connectivity index is 1.77.